The average Bonchev–Trinajstić information content (AvgIpc) is 2.37. The van der Waals surface area contributed by atoms with Crippen LogP contribution in [0.1, 0.15) is 65.7 Å². The third-order valence-electron chi connectivity index (χ3n) is 3.72. The van der Waals surface area contributed by atoms with E-state index in [1.807, 2.05) is 0 Å². The Morgan fingerprint density at radius 1 is 0.667 bits per heavy atom. The highest BCUT2D eigenvalue weighted by atomic mass is 127. The number of halogens is 2. The van der Waals surface area contributed by atoms with Gasteiger partial charge in [0.15, 0.2) is 0 Å². The molecule has 112 valence electrons. The van der Waals surface area contributed by atoms with E-state index in [0.29, 0.717) is 0 Å². The van der Waals surface area contributed by atoms with Crippen molar-refractivity contribution in [3.63, 3.8) is 0 Å². The fourth-order valence-corrected chi connectivity index (χ4v) is 2.67. The standard InChI is InChI=1S/C15H33ClN.HI/c1-4-7-12-17(13-8-5-2,14-9-6-3)15-10-11-16;/h4-15H2,1-3H3;1H/q+1;/p-1. The van der Waals surface area contributed by atoms with Gasteiger partial charge >= 0.3 is 0 Å². The first kappa shape index (κ1) is 21.3. The monoisotopic (exact) mass is 389 g/mol. The Kier molecular flexibility index (Phi) is 17.0. The van der Waals surface area contributed by atoms with Gasteiger partial charge in [0, 0.05) is 12.3 Å². The molecule has 0 unspecified atom stereocenters. The minimum absolute atomic E-state index is 0. The number of hydrogen-bond donors (Lipinski definition) is 0. The van der Waals surface area contributed by atoms with Gasteiger partial charge in [-0.25, -0.2) is 0 Å². The van der Waals surface area contributed by atoms with Gasteiger partial charge in [0.1, 0.15) is 0 Å². The highest BCUT2D eigenvalue weighted by Crippen LogP contribution is 2.16. The van der Waals surface area contributed by atoms with E-state index in [9.17, 15) is 0 Å². The summed E-state index contributed by atoms with van der Waals surface area (Å²) in [4.78, 5) is 0. The molecule has 0 aliphatic heterocycles. The summed E-state index contributed by atoms with van der Waals surface area (Å²) in [7, 11) is 0. The zero-order chi connectivity index (χ0) is 13.0. The van der Waals surface area contributed by atoms with Crippen molar-refractivity contribution in [3.8, 4) is 0 Å². The third kappa shape index (κ3) is 9.85. The number of hydrogen-bond acceptors (Lipinski definition) is 0. The lowest BCUT2D eigenvalue weighted by molar-refractivity contribution is -0.928. The molecule has 18 heavy (non-hydrogen) atoms. The Labute approximate surface area is 137 Å². The number of unbranched alkanes of at least 4 members (excludes halogenated alkanes) is 3. The van der Waals surface area contributed by atoms with Gasteiger partial charge in [-0.3, -0.25) is 0 Å². The van der Waals surface area contributed by atoms with E-state index < -0.39 is 0 Å². The van der Waals surface area contributed by atoms with Crippen LogP contribution in [-0.4, -0.2) is 36.5 Å². The molecule has 0 aliphatic rings. The smallest absolute Gasteiger partial charge is 0.0798 e. The number of quaternary nitrogens is 1. The maximum Gasteiger partial charge on any atom is 0.0798 e. The van der Waals surface area contributed by atoms with Crippen molar-refractivity contribution < 1.29 is 28.5 Å². The lowest BCUT2D eigenvalue weighted by Gasteiger charge is -2.39. The molecule has 0 fully saturated rings. The first-order chi connectivity index (χ1) is 8.24. The molecule has 0 aromatic rings. The van der Waals surface area contributed by atoms with E-state index in [1.165, 1.54) is 75.6 Å². The number of nitrogens with zero attached hydrogens (tertiary/aromatic N) is 1. The van der Waals surface area contributed by atoms with Crippen LogP contribution in [0.2, 0.25) is 0 Å². The lowest BCUT2D eigenvalue weighted by Crippen LogP contribution is -3.00. The first-order valence-corrected chi connectivity index (χ1v) is 8.19. The Hall–Kier alpha value is 0.980. The molecule has 3 heteroatoms. The molecule has 0 saturated carbocycles. The lowest BCUT2D eigenvalue weighted by atomic mass is 10.1. The van der Waals surface area contributed by atoms with Crippen LogP contribution in [0.3, 0.4) is 0 Å². The molecule has 0 rings (SSSR count). The van der Waals surface area contributed by atoms with E-state index in [-0.39, 0.29) is 24.0 Å². The Balaban J connectivity index is 0. The second-order valence-electron chi connectivity index (χ2n) is 5.34. The molecule has 0 spiro atoms. The number of rotatable bonds is 12. The molecule has 0 amide bonds. The van der Waals surface area contributed by atoms with Crippen molar-refractivity contribution >= 4 is 11.6 Å². The Morgan fingerprint density at radius 3 is 1.28 bits per heavy atom. The zero-order valence-electron chi connectivity index (χ0n) is 12.7. The van der Waals surface area contributed by atoms with Crippen LogP contribution in [0.25, 0.3) is 0 Å². The summed E-state index contributed by atoms with van der Waals surface area (Å²) in [5.41, 5.74) is 0. The van der Waals surface area contributed by atoms with Crippen LogP contribution in [-0.2, 0) is 0 Å². The molecule has 1 nitrogen and oxygen atoms in total. The predicted octanol–water partition coefficient (Wildman–Crippen LogP) is 1.84. The van der Waals surface area contributed by atoms with Crippen LogP contribution in [0.4, 0.5) is 0 Å². The largest absolute Gasteiger partial charge is 1.00 e. The van der Waals surface area contributed by atoms with Gasteiger partial charge in [-0.2, -0.15) is 0 Å². The fourth-order valence-electron chi connectivity index (χ4n) is 2.55. The maximum absolute atomic E-state index is 5.90. The molecule has 0 aromatic heterocycles. The summed E-state index contributed by atoms with van der Waals surface area (Å²) in [6.07, 6.45) is 9.25. The van der Waals surface area contributed by atoms with Gasteiger partial charge in [-0.1, -0.05) is 40.0 Å². The van der Waals surface area contributed by atoms with Gasteiger partial charge in [0.2, 0.25) is 0 Å². The van der Waals surface area contributed by atoms with Crippen LogP contribution >= 0.6 is 11.6 Å². The zero-order valence-corrected chi connectivity index (χ0v) is 15.6. The topological polar surface area (TPSA) is 0 Å². The highest BCUT2D eigenvalue weighted by molar-refractivity contribution is 6.17. The van der Waals surface area contributed by atoms with Gasteiger partial charge in [-0.15, -0.1) is 11.6 Å². The molecular weight excluding hydrogens is 357 g/mol. The van der Waals surface area contributed by atoms with Crippen LogP contribution in [0, 0.1) is 0 Å². The fraction of sp³-hybridized carbons (Fsp3) is 1.00. The Morgan fingerprint density at radius 2 is 1.00 bits per heavy atom. The van der Waals surface area contributed by atoms with Crippen molar-refractivity contribution in [2.75, 3.05) is 32.1 Å². The van der Waals surface area contributed by atoms with E-state index in [2.05, 4.69) is 20.8 Å². The molecular formula is C15H33ClIN. The van der Waals surface area contributed by atoms with Crippen molar-refractivity contribution in [2.24, 2.45) is 0 Å². The minimum Gasteiger partial charge on any atom is -1.00 e. The summed E-state index contributed by atoms with van der Waals surface area (Å²) in [6, 6.07) is 0. The van der Waals surface area contributed by atoms with Crippen molar-refractivity contribution in [1.29, 1.82) is 0 Å². The molecule has 0 aromatic carbocycles. The molecule has 0 bridgehead atoms. The molecule has 0 heterocycles. The van der Waals surface area contributed by atoms with Gasteiger partial charge in [-0.05, 0) is 19.3 Å². The summed E-state index contributed by atoms with van der Waals surface area (Å²) in [6.45, 7) is 12.3. The van der Waals surface area contributed by atoms with E-state index in [4.69, 9.17) is 11.6 Å². The van der Waals surface area contributed by atoms with Crippen molar-refractivity contribution in [1.82, 2.24) is 0 Å². The maximum atomic E-state index is 5.90. The predicted molar refractivity (Wildman–Crippen MR) is 79.8 cm³/mol. The van der Waals surface area contributed by atoms with Crippen LogP contribution < -0.4 is 24.0 Å². The second kappa shape index (κ2) is 14.4. The van der Waals surface area contributed by atoms with Gasteiger partial charge in [0.05, 0.1) is 26.2 Å². The quantitative estimate of drug-likeness (QED) is 0.271. The van der Waals surface area contributed by atoms with Gasteiger partial charge in [0.25, 0.3) is 0 Å². The second-order valence-corrected chi connectivity index (χ2v) is 5.72. The van der Waals surface area contributed by atoms with Crippen LogP contribution in [0.5, 0.6) is 0 Å². The molecule has 0 atom stereocenters. The summed E-state index contributed by atoms with van der Waals surface area (Å²) < 4.78 is 1.34. The average molecular weight is 390 g/mol. The van der Waals surface area contributed by atoms with Crippen LogP contribution in [0.15, 0.2) is 0 Å². The Bertz CT molecular complexity index is 127. The van der Waals surface area contributed by atoms with E-state index in [1.54, 1.807) is 0 Å². The van der Waals surface area contributed by atoms with E-state index >= 15 is 0 Å². The third-order valence-corrected chi connectivity index (χ3v) is 3.99. The molecule has 0 aliphatic carbocycles. The molecule has 0 saturated heterocycles. The minimum atomic E-state index is 0. The molecule has 0 radical (unpaired) electrons. The number of alkyl halides is 1. The van der Waals surface area contributed by atoms with Gasteiger partial charge < -0.3 is 28.5 Å². The summed E-state index contributed by atoms with van der Waals surface area (Å²) >= 11 is 5.90. The highest BCUT2D eigenvalue weighted by Gasteiger charge is 2.24. The normalized spacial score (nSPS) is 11.3. The summed E-state index contributed by atoms with van der Waals surface area (Å²) in [5.74, 6) is 0.824. The SMILES string of the molecule is CCCC[N+](CCCC)(CCCC)CCCCl.[I-]. The first-order valence-electron chi connectivity index (χ1n) is 7.65. The van der Waals surface area contributed by atoms with Crippen molar-refractivity contribution in [2.45, 2.75) is 65.7 Å². The molecule has 0 N–H and O–H groups in total. The van der Waals surface area contributed by atoms with Crippen molar-refractivity contribution in [3.05, 3.63) is 0 Å². The summed E-state index contributed by atoms with van der Waals surface area (Å²) in [5, 5.41) is 0. The van der Waals surface area contributed by atoms with E-state index in [0.717, 1.165) is 5.88 Å².